The number of aromatic nitrogens is 4. The molecule has 3 aromatic heterocycles. The van der Waals surface area contributed by atoms with E-state index in [9.17, 15) is 8.42 Å². The van der Waals surface area contributed by atoms with E-state index in [4.69, 9.17) is 14.5 Å². The largest absolute Gasteiger partial charge is 0.377 e. The minimum absolute atomic E-state index is 0.0666. The normalized spacial score (nSPS) is 16.8. The molecule has 318 valence electrons. The lowest BCUT2D eigenvalue weighted by atomic mass is 10.0. The number of allylic oxidation sites excluding steroid dienone is 8. The predicted octanol–water partition coefficient (Wildman–Crippen LogP) is 9.27. The van der Waals surface area contributed by atoms with Crippen LogP contribution in [0.15, 0.2) is 127 Å². The molecular formula is C51H50N8O3S. The molecule has 8 bridgehead atoms. The maximum absolute atomic E-state index is 10.5. The summed E-state index contributed by atoms with van der Waals surface area (Å²) in [7, 11) is 4.37. The van der Waals surface area contributed by atoms with Crippen LogP contribution in [0.3, 0.4) is 0 Å². The van der Waals surface area contributed by atoms with Crippen molar-refractivity contribution in [3.63, 3.8) is 0 Å². The van der Waals surface area contributed by atoms with Gasteiger partial charge in [0, 0.05) is 98.7 Å². The van der Waals surface area contributed by atoms with Crippen LogP contribution in [0.5, 0.6) is 0 Å². The maximum atomic E-state index is 10.5. The number of aromatic amines is 2. The summed E-state index contributed by atoms with van der Waals surface area (Å²) in [6, 6.07) is 14.8. The van der Waals surface area contributed by atoms with Gasteiger partial charge in [0.25, 0.3) is 10.1 Å². The average Bonchev–Trinajstić information content (AvgIpc) is 4.12. The van der Waals surface area contributed by atoms with Gasteiger partial charge in [-0.2, -0.15) is 8.42 Å². The van der Waals surface area contributed by atoms with Crippen LogP contribution in [0.4, 0.5) is 0 Å². The Kier molecular flexibility index (Phi) is 11.1. The molecule has 1 aromatic carbocycles. The van der Waals surface area contributed by atoms with Gasteiger partial charge >= 0.3 is 0 Å². The van der Waals surface area contributed by atoms with Gasteiger partial charge in [0.2, 0.25) is 0 Å². The molecule has 0 fully saturated rings. The molecule has 4 aromatic rings. The Bertz CT molecular complexity index is 2780. The first-order chi connectivity index (χ1) is 30.4. The van der Waals surface area contributed by atoms with E-state index < -0.39 is 10.1 Å². The fourth-order valence-electron chi connectivity index (χ4n) is 8.19. The topological polar surface area (TPSA) is 125 Å². The van der Waals surface area contributed by atoms with E-state index in [1.165, 1.54) is 12.1 Å². The van der Waals surface area contributed by atoms with Crippen LogP contribution in [0.25, 0.3) is 68.7 Å². The smallest absolute Gasteiger partial charge is 0.294 e. The lowest BCUT2D eigenvalue weighted by molar-refractivity contribution is 0.483. The summed E-state index contributed by atoms with van der Waals surface area (Å²) in [5, 5.41) is 0. The van der Waals surface area contributed by atoms with Crippen LogP contribution in [-0.4, -0.2) is 107 Å². The Morgan fingerprint density at radius 3 is 0.984 bits per heavy atom. The molecule has 0 atom stereocenters. The number of benzene rings is 1. The molecule has 0 saturated carbocycles. The van der Waals surface area contributed by atoms with Crippen LogP contribution in [0.1, 0.15) is 50.6 Å². The summed E-state index contributed by atoms with van der Waals surface area (Å²) in [4.78, 5) is 27.3. The SMILES string of the molecule is CN1C=CC(c2c3nc(c(C4=CCN(C)C=C4)c4ccc([nH]4)c(C4=CCN(C)C=C4)c4nc(c(C5=CCN(C)C=C5)c5ccc2[nH]5)C=C4)C=C3)=CC1.Cc1ccc(S(=O)(=O)O)cc1. The minimum atomic E-state index is -4.02. The van der Waals surface area contributed by atoms with Gasteiger partial charge in [-0.05, 0) is 139 Å². The number of nitrogens with zero attached hydrogens (tertiary/aromatic N) is 6. The molecule has 9 heterocycles. The van der Waals surface area contributed by atoms with Crippen molar-refractivity contribution in [3.05, 3.63) is 173 Å². The first kappa shape index (κ1) is 41.2. The predicted molar refractivity (Wildman–Crippen MR) is 259 cm³/mol. The van der Waals surface area contributed by atoms with Gasteiger partial charge in [-0.1, -0.05) is 42.0 Å². The van der Waals surface area contributed by atoms with Crippen molar-refractivity contribution in [2.75, 3.05) is 54.4 Å². The summed E-state index contributed by atoms with van der Waals surface area (Å²) in [6.45, 7) is 5.15. The first-order valence-electron chi connectivity index (χ1n) is 20.9. The van der Waals surface area contributed by atoms with Gasteiger partial charge in [-0.3, -0.25) is 4.55 Å². The molecule has 6 aliphatic heterocycles. The van der Waals surface area contributed by atoms with Crippen molar-refractivity contribution < 1.29 is 13.0 Å². The second-order valence-electron chi connectivity index (χ2n) is 16.4. The van der Waals surface area contributed by atoms with E-state index in [0.29, 0.717) is 0 Å². The van der Waals surface area contributed by atoms with Crippen LogP contribution < -0.4 is 0 Å². The quantitative estimate of drug-likeness (QED) is 0.146. The van der Waals surface area contributed by atoms with Gasteiger partial charge in [0.15, 0.2) is 0 Å². The minimum Gasteiger partial charge on any atom is -0.377 e. The fraction of sp³-hybridized carbons (Fsp3) is 0.176. The second kappa shape index (κ2) is 17.0. The van der Waals surface area contributed by atoms with Gasteiger partial charge in [0.1, 0.15) is 0 Å². The molecule has 0 aliphatic carbocycles. The third-order valence-corrected chi connectivity index (χ3v) is 12.5. The van der Waals surface area contributed by atoms with Crippen LogP contribution in [0, 0.1) is 6.92 Å². The number of H-pyrrole nitrogens is 2. The molecule has 63 heavy (non-hydrogen) atoms. The van der Waals surface area contributed by atoms with Gasteiger partial charge in [-0.25, -0.2) is 9.97 Å². The van der Waals surface area contributed by atoms with Crippen LogP contribution in [0.2, 0.25) is 0 Å². The number of hydrogen-bond donors (Lipinski definition) is 3. The Morgan fingerprint density at radius 2 is 0.746 bits per heavy atom. The number of rotatable bonds is 5. The zero-order chi connectivity index (χ0) is 43.8. The lowest BCUT2D eigenvalue weighted by Gasteiger charge is -2.18. The van der Waals surface area contributed by atoms with Crippen molar-refractivity contribution in [1.29, 1.82) is 0 Å². The van der Waals surface area contributed by atoms with E-state index in [1.54, 1.807) is 12.1 Å². The van der Waals surface area contributed by atoms with E-state index >= 15 is 0 Å². The van der Waals surface area contributed by atoms with Crippen molar-refractivity contribution in [2.24, 2.45) is 0 Å². The summed E-state index contributed by atoms with van der Waals surface area (Å²) in [5.74, 6) is 0. The van der Waals surface area contributed by atoms with Crippen LogP contribution >= 0.6 is 0 Å². The Balaban J connectivity index is 0.000000402. The molecule has 0 amide bonds. The Hall–Kier alpha value is -7.15. The van der Waals surface area contributed by atoms with E-state index in [2.05, 4.69) is 180 Å². The summed E-state index contributed by atoms with van der Waals surface area (Å²) >= 11 is 0. The molecule has 10 rings (SSSR count). The highest BCUT2D eigenvalue weighted by Crippen LogP contribution is 2.37. The molecule has 0 unspecified atom stereocenters. The standard InChI is InChI=1S/C44H42N8.C7H8O3S/c1-49-21-13-29(14-22-49)41-33-5-7-35(45-33)42(30-15-23-50(2)24-16-30)37-9-11-39(47-37)44(32-19-27-52(4)28-20-32)40-12-10-38(48-40)43(36-8-6-34(41)46-36)31-17-25-51(3)26-18-31;1-6-2-4-7(5-3-6)11(8,9)10/h5-21,23,25,27,45,48H,22,24,26,28H2,1-4H3;2-5H,1H3,(H,8,9,10). The first-order valence-corrected chi connectivity index (χ1v) is 22.4. The van der Waals surface area contributed by atoms with Crippen molar-refractivity contribution in [2.45, 2.75) is 11.8 Å². The highest BCUT2D eigenvalue weighted by molar-refractivity contribution is 7.85. The second-order valence-corrected chi connectivity index (χ2v) is 17.9. The number of hydrogen-bond acceptors (Lipinski definition) is 8. The average molecular weight is 855 g/mol. The highest BCUT2D eigenvalue weighted by Gasteiger charge is 2.21. The zero-order valence-electron chi connectivity index (χ0n) is 36.0. The maximum Gasteiger partial charge on any atom is 0.294 e. The molecule has 0 saturated heterocycles. The zero-order valence-corrected chi connectivity index (χ0v) is 36.9. The fourth-order valence-corrected chi connectivity index (χ4v) is 8.67. The third kappa shape index (κ3) is 8.68. The third-order valence-electron chi connectivity index (χ3n) is 11.7. The van der Waals surface area contributed by atoms with E-state index in [0.717, 1.165) is 121 Å². The molecule has 12 heteroatoms. The van der Waals surface area contributed by atoms with Crippen molar-refractivity contribution in [1.82, 2.24) is 39.5 Å². The Morgan fingerprint density at radius 1 is 0.460 bits per heavy atom. The monoisotopic (exact) mass is 854 g/mol. The number of fused-ring (bicyclic) bond motifs is 8. The summed E-state index contributed by atoms with van der Waals surface area (Å²) in [5.41, 5.74) is 17.6. The highest BCUT2D eigenvalue weighted by atomic mass is 32.2. The number of likely N-dealkylation sites (N-methyl/N-ethyl adjacent to an activating group) is 4. The van der Waals surface area contributed by atoms with Gasteiger partial charge < -0.3 is 29.6 Å². The summed E-state index contributed by atoms with van der Waals surface area (Å²) in [6.07, 6.45) is 35.2. The molecule has 11 nitrogen and oxygen atoms in total. The van der Waals surface area contributed by atoms with Crippen LogP contribution in [-0.2, 0) is 10.1 Å². The van der Waals surface area contributed by atoms with Crippen molar-refractivity contribution >= 4 is 78.8 Å². The summed E-state index contributed by atoms with van der Waals surface area (Å²) < 4.78 is 29.6. The van der Waals surface area contributed by atoms with E-state index in [1.807, 2.05) is 6.92 Å². The number of aryl methyl sites for hydroxylation is 1. The molecule has 0 radical (unpaired) electrons. The molecular weight excluding hydrogens is 805 g/mol. The molecule has 6 aliphatic rings. The molecule has 0 spiro atoms. The lowest BCUT2D eigenvalue weighted by Crippen LogP contribution is -2.13. The molecule has 3 N–H and O–H groups in total. The van der Waals surface area contributed by atoms with Crippen molar-refractivity contribution in [3.8, 4) is 0 Å². The Labute approximate surface area is 368 Å². The van der Waals surface area contributed by atoms with E-state index in [-0.39, 0.29) is 4.90 Å². The van der Waals surface area contributed by atoms with Gasteiger partial charge in [-0.15, -0.1) is 0 Å². The number of nitrogens with one attached hydrogen (secondary N) is 2. The van der Waals surface area contributed by atoms with Gasteiger partial charge in [0.05, 0.1) is 27.7 Å².